The molecule has 2 aromatic rings. The molecule has 2 aliphatic rings. The number of likely N-dealkylation sites (tertiary alicyclic amines) is 1. The summed E-state index contributed by atoms with van der Waals surface area (Å²) in [5.74, 6) is 1.05. The van der Waals surface area contributed by atoms with E-state index in [4.69, 9.17) is 9.15 Å². The van der Waals surface area contributed by atoms with E-state index in [0.717, 1.165) is 58.2 Å². The van der Waals surface area contributed by atoms with Gasteiger partial charge in [0.1, 0.15) is 5.76 Å². The van der Waals surface area contributed by atoms with Gasteiger partial charge < -0.3 is 9.15 Å². The molecule has 1 atom stereocenters. The molecular weight excluding hydrogens is 304 g/mol. The molecule has 24 heavy (non-hydrogen) atoms. The van der Waals surface area contributed by atoms with Gasteiger partial charge >= 0.3 is 0 Å². The van der Waals surface area contributed by atoms with Crippen LogP contribution in [-0.2, 0) is 24.9 Å². The molecule has 0 radical (unpaired) electrons. The highest BCUT2D eigenvalue weighted by Gasteiger charge is 2.41. The minimum absolute atomic E-state index is 0.241. The molecule has 2 fully saturated rings. The van der Waals surface area contributed by atoms with Gasteiger partial charge in [-0.25, -0.2) is 0 Å². The number of furan rings is 1. The normalized spacial score (nSPS) is 26.2. The Balaban J connectivity index is 1.40. The van der Waals surface area contributed by atoms with Gasteiger partial charge in [0.25, 0.3) is 0 Å². The molecule has 6 nitrogen and oxygen atoms in total. The van der Waals surface area contributed by atoms with E-state index in [1.54, 1.807) is 6.26 Å². The monoisotopic (exact) mass is 330 g/mol. The van der Waals surface area contributed by atoms with Crippen LogP contribution in [0.5, 0.6) is 0 Å². The van der Waals surface area contributed by atoms with Crippen molar-refractivity contribution in [3.05, 3.63) is 42.1 Å². The summed E-state index contributed by atoms with van der Waals surface area (Å²) in [5, 5.41) is 4.29. The summed E-state index contributed by atoms with van der Waals surface area (Å²) in [5.41, 5.74) is 1.52. The second kappa shape index (κ2) is 6.70. The first-order valence-electron chi connectivity index (χ1n) is 8.73. The van der Waals surface area contributed by atoms with Gasteiger partial charge in [0.2, 0.25) is 0 Å². The van der Waals surface area contributed by atoms with Crippen LogP contribution >= 0.6 is 0 Å². The molecule has 0 bridgehead atoms. The average Bonchev–Trinajstić information content (AvgIpc) is 3.25. The molecule has 130 valence electrons. The topological polar surface area (TPSA) is 46.7 Å². The van der Waals surface area contributed by atoms with E-state index >= 15 is 0 Å². The van der Waals surface area contributed by atoms with Crippen LogP contribution in [0.2, 0.25) is 0 Å². The summed E-state index contributed by atoms with van der Waals surface area (Å²) in [6, 6.07) is 4.02. The van der Waals surface area contributed by atoms with Gasteiger partial charge in [-0.2, -0.15) is 5.10 Å². The lowest BCUT2D eigenvalue weighted by Crippen LogP contribution is -2.40. The third kappa shape index (κ3) is 3.55. The summed E-state index contributed by atoms with van der Waals surface area (Å²) in [6.07, 6.45) is 7.02. The van der Waals surface area contributed by atoms with Crippen molar-refractivity contribution in [2.24, 2.45) is 12.5 Å². The van der Waals surface area contributed by atoms with Gasteiger partial charge in [0.15, 0.2) is 0 Å². The van der Waals surface area contributed by atoms with Crippen molar-refractivity contribution in [3.8, 4) is 0 Å². The van der Waals surface area contributed by atoms with Crippen molar-refractivity contribution in [1.82, 2.24) is 19.6 Å². The Morgan fingerprint density at radius 1 is 1.21 bits per heavy atom. The summed E-state index contributed by atoms with van der Waals surface area (Å²) < 4.78 is 13.4. The minimum atomic E-state index is 0.241. The molecule has 0 saturated carbocycles. The van der Waals surface area contributed by atoms with E-state index in [9.17, 15) is 0 Å². The standard InChI is InChI=1S/C18H26N4O2/c1-20-10-16(9-19-20)11-22-6-8-23-15-18(14-22)4-5-21(13-18)12-17-3-2-7-24-17/h2-3,7,9-10H,4-6,8,11-15H2,1H3/t18-/m1/s1. The van der Waals surface area contributed by atoms with Crippen molar-refractivity contribution < 1.29 is 9.15 Å². The van der Waals surface area contributed by atoms with E-state index in [0.29, 0.717) is 0 Å². The first kappa shape index (κ1) is 15.9. The highest BCUT2D eigenvalue weighted by atomic mass is 16.5. The maximum absolute atomic E-state index is 5.98. The molecule has 0 aromatic carbocycles. The SMILES string of the molecule is Cn1cc(CN2CCOC[C@@]3(CCN(Cc4ccco4)C3)C2)cn1. The van der Waals surface area contributed by atoms with E-state index in [1.807, 2.05) is 24.0 Å². The molecule has 2 aromatic heterocycles. The molecule has 0 amide bonds. The van der Waals surface area contributed by atoms with Gasteiger partial charge in [-0.1, -0.05) is 0 Å². The fraction of sp³-hybridized carbons (Fsp3) is 0.611. The number of rotatable bonds is 4. The van der Waals surface area contributed by atoms with Crippen LogP contribution in [0, 0.1) is 5.41 Å². The molecule has 0 N–H and O–H groups in total. The Bertz CT molecular complexity index is 654. The first-order valence-corrected chi connectivity index (χ1v) is 8.73. The van der Waals surface area contributed by atoms with Gasteiger partial charge in [-0.05, 0) is 25.1 Å². The molecule has 6 heteroatoms. The highest BCUT2D eigenvalue weighted by Crippen LogP contribution is 2.34. The van der Waals surface area contributed by atoms with Crippen LogP contribution in [0.4, 0.5) is 0 Å². The zero-order valence-corrected chi connectivity index (χ0v) is 14.4. The third-order valence-electron chi connectivity index (χ3n) is 5.16. The van der Waals surface area contributed by atoms with Gasteiger partial charge in [-0.3, -0.25) is 14.5 Å². The van der Waals surface area contributed by atoms with Crippen molar-refractivity contribution in [2.45, 2.75) is 19.5 Å². The zero-order chi connectivity index (χ0) is 16.4. The predicted octanol–water partition coefficient (Wildman–Crippen LogP) is 1.74. The number of ether oxygens (including phenoxy) is 1. The van der Waals surface area contributed by atoms with Crippen LogP contribution in [-0.4, -0.2) is 59.0 Å². The van der Waals surface area contributed by atoms with Crippen molar-refractivity contribution in [1.29, 1.82) is 0 Å². The van der Waals surface area contributed by atoms with Gasteiger partial charge in [0.05, 0.1) is 32.2 Å². The van der Waals surface area contributed by atoms with Gasteiger partial charge in [0, 0.05) is 50.4 Å². The minimum Gasteiger partial charge on any atom is -0.468 e. The second-order valence-electron chi connectivity index (χ2n) is 7.33. The molecule has 2 saturated heterocycles. The van der Waals surface area contributed by atoms with E-state index in [1.165, 1.54) is 12.0 Å². The highest BCUT2D eigenvalue weighted by molar-refractivity contribution is 5.05. The maximum atomic E-state index is 5.98. The Kier molecular flexibility index (Phi) is 4.43. The molecule has 1 spiro atoms. The molecule has 0 aliphatic carbocycles. The average molecular weight is 330 g/mol. The lowest BCUT2D eigenvalue weighted by atomic mass is 9.87. The Labute approximate surface area is 143 Å². The Hall–Kier alpha value is -1.63. The van der Waals surface area contributed by atoms with Gasteiger partial charge in [-0.15, -0.1) is 0 Å². The summed E-state index contributed by atoms with van der Waals surface area (Å²) >= 11 is 0. The largest absolute Gasteiger partial charge is 0.468 e. The number of nitrogens with zero attached hydrogens (tertiary/aromatic N) is 4. The quantitative estimate of drug-likeness (QED) is 0.854. The van der Waals surface area contributed by atoms with Crippen LogP contribution in [0.25, 0.3) is 0 Å². The van der Waals surface area contributed by atoms with E-state index in [-0.39, 0.29) is 5.41 Å². The molecule has 2 aliphatic heterocycles. The van der Waals surface area contributed by atoms with Crippen molar-refractivity contribution in [3.63, 3.8) is 0 Å². The van der Waals surface area contributed by atoms with Crippen LogP contribution < -0.4 is 0 Å². The summed E-state index contributed by atoms with van der Waals surface area (Å²) in [7, 11) is 1.97. The second-order valence-corrected chi connectivity index (χ2v) is 7.33. The molecule has 4 heterocycles. The summed E-state index contributed by atoms with van der Waals surface area (Å²) in [6.45, 7) is 7.83. The third-order valence-corrected chi connectivity index (χ3v) is 5.16. The lowest BCUT2D eigenvalue weighted by molar-refractivity contribution is 0.0701. The number of hydrogen-bond acceptors (Lipinski definition) is 5. The smallest absolute Gasteiger partial charge is 0.117 e. The number of aromatic nitrogens is 2. The lowest BCUT2D eigenvalue weighted by Gasteiger charge is -2.31. The fourth-order valence-corrected chi connectivity index (χ4v) is 4.06. The van der Waals surface area contributed by atoms with E-state index in [2.05, 4.69) is 27.2 Å². The molecular formula is C18H26N4O2. The Morgan fingerprint density at radius 2 is 2.08 bits per heavy atom. The molecule has 0 unspecified atom stereocenters. The first-order chi connectivity index (χ1) is 11.7. The zero-order valence-electron chi connectivity index (χ0n) is 14.4. The fourth-order valence-electron chi connectivity index (χ4n) is 4.06. The molecule has 4 rings (SSSR count). The Morgan fingerprint density at radius 3 is 2.83 bits per heavy atom. The summed E-state index contributed by atoms with van der Waals surface area (Å²) in [4.78, 5) is 5.02. The van der Waals surface area contributed by atoms with Crippen LogP contribution in [0.3, 0.4) is 0 Å². The number of hydrogen-bond donors (Lipinski definition) is 0. The number of aryl methyl sites for hydroxylation is 1. The van der Waals surface area contributed by atoms with Crippen LogP contribution in [0.15, 0.2) is 35.2 Å². The van der Waals surface area contributed by atoms with Crippen molar-refractivity contribution >= 4 is 0 Å². The van der Waals surface area contributed by atoms with E-state index < -0.39 is 0 Å². The van der Waals surface area contributed by atoms with Crippen molar-refractivity contribution in [2.75, 3.05) is 39.4 Å². The maximum Gasteiger partial charge on any atom is 0.117 e. The van der Waals surface area contributed by atoms with Crippen LogP contribution in [0.1, 0.15) is 17.7 Å². The predicted molar refractivity (Wildman–Crippen MR) is 90.3 cm³/mol.